The molecule has 0 spiro atoms. The van der Waals surface area contributed by atoms with Gasteiger partial charge in [-0.15, -0.1) is 0 Å². The molecule has 8 nitrogen and oxygen atoms in total. The molecule has 2 aliphatic heterocycles. The summed E-state index contributed by atoms with van der Waals surface area (Å²) < 4.78 is 64.8. The predicted octanol–water partition coefficient (Wildman–Crippen LogP) is 6.11. The molecular formula is C34H35F4N3O5. The fourth-order valence-electron chi connectivity index (χ4n) is 7.84. The molecule has 2 aromatic carbocycles. The Hall–Kier alpha value is -3.93. The number of ether oxygens (including phenoxy) is 2. The largest absolute Gasteiger partial charge is 0.496 e. The minimum Gasteiger partial charge on any atom is -0.496 e. The van der Waals surface area contributed by atoms with E-state index >= 15 is 0 Å². The van der Waals surface area contributed by atoms with E-state index in [1.165, 1.54) is 19.1 Å². The van der Waals surface area contributed by atoms with Crippen LogP contribution in [0.4, 0.5) is 23.2 Å². The number of halogens is 4. The smallest absolute Gasteiger partial charge is 0.419 e. The lowest BCUT2D eigenvalue weighted by atomic mass is 9.81. The van der Waals surface area contributed by atoms with Gasteiger partial charge in [0.15, 0.2) is 6.10 Å². The van der Waals surface area contributed by atoms with E-state index in [1.54, 1.807) is 12.1 Å². The number of methoxy groups -OCH3 is 1. The predicted molar refractivity (Wildman–Crippen MR) is 160 cm³/mol. The number of nitrogens with zero attached hydrogens (tertiary/aromatic N) is 1. The van der Waals surface area contributed by atoms with Crippen LogP contribution >= 0.6 is 0 Å². The van der Waals surface area contributed by atoms with Gasteiger partial charge in [0.1, 0.15) is 11.6 Å². The summed E-state index contributed by atoms with van der Waals surface area (Å²) in [5.41, 5.74) is 1.46. The molecule has 4 fully saturated rings. The zero-order valence-corrected chi connectivity index (χ0v) is 25.2. The van der Waals surface area contributed by atoms with Gasteiger partial charge in [0.2, 0.25) is 5.91 Å². The quantitative estimate of drug-likeness (QED) is 0.268. The van der Waals surface area contributed by atoms with Crippen molar-refractivity contribution in [1.29, 1.82) is 0 Å². The van der Waals surface area contributed by atoms with Crippen molar-refractivity contribution in [2.45, 2.75) is 56.8 Å². The molecule has 2 bridgehead atoms. The van der Waals surface area contributed by atoms with Gasteiger partial charge in [-0.3, -0.25) is 9.59 Å². The molecule has 2 N–H and O–H groups in total. The van der Waals surface area contributed by atoms with Crippen molar-refractivity contribution in [3.05, 3.63) is 70.6 Å². The van der Waals surface area contributed by atoms with E-state index in [0.29, 0.717) is 48.3 Å². The van der Waals surface area contributed by atoms with Crippen molar-refractivity contribution in [2.24, 2.45) is 34.7 Å². The molecule has 244 valence electrons. The molecule has 0 radical (unpaired) electrons. The summed E-state index contributed by atoms with van der Waals surface area (Å²) in [4.78, 5) is 32.8. The van der Waals surface area contributed by atoms with Crippen molar-refractivity contribution >= 4 is 23.2 Å². The third-order valence-corrected chi connectivity index (χ3v) is 10.3. The number of benzene rings is 2. The average molecular weight is 642 g/mol. The van der Waals surface area contributed by atoms with Gasteiger partial charge in [-0.1, -0.05) is 23.2 Å². The minimum atomic E-state index is -4.89. The number of hydrogen-bond acceptors (Lipinski definition) is 6. The number of carbonyl (C=O) groups excluding carboxylic acids is 2. The molecule has 2 amide bonds. The highest BCUT2D eigenvalue weighted by molar-refractivity contribution is 6.06. The van der Waals surface area contributed by atoms with Crippen molar-refractivity contribution in [3.63, 3.8) is 0 Å². The van der Waals surface area contributed by atoms with Crippen LogP contribution in [0.2, 0.25) is 0 Å². The lowest BCUT2D eigenvalue weighted by molar-refractivity contribution is -0.140. The first-order chi connectivity index (χ1) is 22.1. The standard InChI is InChI=1S/C34H35F4N3O5/c1-44-28-10-5-18(31-25-15-45-16-29(25)46-41-31)12-24(28)33(43)40-32-21-8-7-20(22(21)11-17-3-2-4-17)23(32)14-30(42)39-19-6-9-27(35)26(13-19)34(36,37)38/h5-6,9-13,17,20-21,23,25,29,32H,2-4,7-8,14-16H2,1H3,(H,39,42)(H,40,43)/b22-11-/t20-,21+,23-,25?,29?,32-/m0/s1. The first-order valence-electron chi connectivity index (χ1n) is 15.8. The van der Waals surface area contributed by atoms with Crippen molar-refractivity contribution in [2.75, 3.05) is 25.6 Å². The maximum Gasteiger partial charge on any atom is 0.419 e. The normalized spacial score (nSPS) is 29.2. The number of allylic oxidation sites excluding steroid dienone is 1. The molecule has 3 aliphatic carbocycles. The highest BCUT2D eigenvalue weighted by atomic mass is 19.4. The second kappa shape index (κ2) is 12.0. The van der Waals surface area contributed by atoms with Gasteiger partial charge in [0.25, 0.3) is 5.91 Å². The Balaban J connectivity index is 1.13. The Labute approximate surface area is 263 Å². The van der Waals surface area contributed by atoms with Gasteiger partial charge < -0.3 is 24.9 Å². The van der Waals surface area contributed by atoms with E-state index in [4.69, 9.17) is 14.3 Å². The van der Waals surface area contributed by atoms with E-state index < -0.39 is 23.5 Å². The first kappa shape index (κ1) is 30.7. The highest BCUT2D eigenvalue weighted by Crippen LogP contribution is 2.55. The molecule has 2 heterocycles. The fraction of sp³-hybridized carbons (Fsp3) is 0.500. The van der Waals surface area contributed by atoms with Gasteiger partial charge in [-0.25, -0.2) is 4.39 Å². The Bertz CT molecular complexity index is 1600. The minimum absolute atomic E-state index is 0.0127. The second-order valence-electron chi connectivity index (χ2n) is 12.9. The summed E-state index contributed by atoms with van der Waals surface area (Å²) in [5, 5.41) is 10.0. The summed E-state index contributed by atoms with van der Waals surface area (Å²) >= 11 is 0. The number of rotatable bonds is 8. The van der Waals surface area contributed by atoms with E-state index in [0.717, 1.165) is 37.3 Å². The monoisotopic (exact) mass is 641 g/mol. The topological polar surface area (TPSA) is 98.2 Å². The second-order valence-corrected chi connectivity index (χ2v) is 12.9. The number of hydrogen-bond donors (Lipinski definition) is 2. The van der Waals surface area contributed by atoms with Crippen LogP contribution in [0.5, 0.6) is 5.75 Å². The molecule has 1 saturated heterocycles. The Kier molecular flexibility index (Phi) is 8.02. The molecule has 0 aromatic heterocycles. The van der Waals surface area contributed by atoms with Crippen molar-refractivity contribution in [3.8, 4) is 5.75 Å². The van der Waals surface area contributed by atoms with Crippen LogP contribution in [0, 0.1) is 35.4 Å². The van der Waals surface area contributed by atoms with Crippen LogP contribution in [0.3, 0.4) is 0 Å². The van der Waals surface area contributed by atoms with Gasteiger partial charge in [0, 0.05) is 29.6 Å². The summed E-state index contributed by atoms with van der Waals surface area (Å²) in [7, 11) is 1.49. The molecule has 7 rings (SSSR count). The van der Waals surface area contributed by atoms with Gasteiger partial charge in [-0.05, 0) is 79.8 Å². The zero-order valence-electron chi connectivity index (χ0n) is 25.2. The summed E-state index contributed by atoms with van der Waals surface area (Å²) in [6.45, 7) is 0.944. The SMILES string of the molecule is COc1ccc(C2=NOC3COCC23)cc1C(=O)N[C@@H]1[C@@H](CC(=O)Nc2ccc(F)c(C(F)(F)F)c2)[C@H]2CC[C@@H]1/C2=C\C1CCC1. The molecule has 6 atom stereocenters. The number of carbonyl (C=O) groups is 2. The molecule has 46 heavy (non-hydrogen) atoms. The Morgan fingerprint density at radius 3 is 2.59 bits per heavy atom. The van der Waals surface area contributed by atoms with Crippen LogP contribution in [0.15, 0.2) is 53.2 Å². The fourth-order valence-corrected chi connectivity index (χ4v) is 7.84. The first-order valence-corrected chi connectivity index (χ1v) is 15.8. The van der Waals surface area contributed by atoms with Crippen LogP contribution in [0.1, 0.15) is 60.0 Å². The molecule has 5 aliphatic rings. The average Bonchev–Trinajstić information content (AvgIpc) is 3.77. The van der Waals surface area contributed by atoms with E-state index in [9.17, 15) is 27.2 Å². The van der Waals surface area contributed by atoms with Crippen molar-refractivity contribution in [1.82, 2.24) is 5.32 Å². The Morgan fingerprint density at radius 1 is 1.04 bits per heavy atom. The summed E-state index contributed by atoms with van der Waals surface area (Å²) in [6, 6.07) is 7.35. The molecule has 2 aromatic rings. The lowest BCUT2D eigenvalue weighted by Crippen LogP contribution is -2.45. The number of alkyl halides is 3. The molecular weight excluding hydrogens is 606 g/mol. The number of nitrogens with one attached hydrogen (secondary N) is 2. The van der Waals surface area contributed by atoms with Crippen LogP contribution in [-0.2, 0) is 20.5 Å². The maximum absolute atomic E-state index is 14.0. The van der Waals surface area contributed by atoms with Crippen molar-refractivity contribution < 1.29 is 41.5 Å². The van der Waals surface area contributed by atoms with Gasteiger partial charge in [-0.2, -0.15) is 13.2 Å². The van der Waals surface area contributed by atoms with E-state index in [-0.39, 0.29) is 53.8 Å². The van der Waals surface area contributed by atoms with Crippen LogP contribution < -0.4 is 15.4 Å². The Morgan fingerprint density at radius 2 is 1.85 bits per heavy atom. The number of anilines is 1. The number of amides is 2. The molecule has 12 heteroatoms. The van der Waals surface area contributed by atoms with Gasteiger partial charge in [0.05, 0.1) is 43.1 Å². The van der Waals surface area contributed by atoms with Crippen LogP contribution in [0.25, 0.3) is 0 Å². The number of oxime groups is 1. The maximum atomic E-state index is 14.0. The van der Waals surface area contributed by atoms with E-state index in [1.807, 2.05) is 6.07 Å². The zero-order chi connectivity index (χ0) is 32.2. The third-order valence-electron chi connectivity index (χ3n) is 10.3. The summed E-state index contributed by atoms with van der Waals surface area (Å²) in [5.74, 6) is -1.55. The molecule has 3 saturated carbocycles. The molecule has 2 unspecified atom stereocenters. The highest BCUT2D eigenvalue weighted by Gasteiger charge is 2.52. The summed E-state index contributed by atoms with van der Waals surface area (Å²) in [6.07, 6.45) is 2.41. The third kappa shape index (κ3) is 5.65. The van der Waals surface area contributed by atoms with Crippen LogP contribution in [-0.4, -0.2) is 50.0 Å². The number of fused-ring (bicyclic) bond motifs is 3. The lowest BCUT2D eigenvalue weighted by Gasteiger charge is -2.31. The van der Waals surface area contributed by atoms with Gasteiger partial charge >= 0.3 is 6.18 Å². The van der Waals surface area contributed by atoms with E-state index in [2.05, 4.69) is 21.9 Å².